The van der Waals surface area contributed by atoms with E-state index in [0.29, 0.717) is 0 Å². The molecule has 5 rings (SSSR count). The van der Waals surface area contributed by atoms with Crippen molar-refractivity contribution in [2.24, 2.45) is 7.05 Å². The summed E-state index contributed by atoms with van der Waals surface area (Å²) in [5.41, 5.74) is 11.4. The Balaban J connectivity index is 1.89. The van der Waals surface area contributed by atoms with Gasteiger partial charge in [0.15, 0.2) is 6.20 Å². The molecule has 128 valence electrons. The maximum Gasteiger partial charge on any atom is 0.214 e. The molecule has 0 bridgehead atoms. The third-order valence-corrected chi connectivity index (χ3v) is 5.67. The summed E-state index contributed by atoms with van der Waals surface area (Å²) >= 11 is 0. The molecule has 0 amide bonds. The molecule has 2 aromatic heterocycles. The first-order valence-electron chi connectivity index (χ1n) is 9.11. The Morgan fingerprint density at radius 1 is 0.962 bits per heavy atom. The zero-order valence-corrected chi connectivity index (χ0v) is 15.7. The highest BCUT2D eigenvalue weighted by Gasteiger charge is 2.29. The molecule has 1 aliphatic heterocycles. The van der Waals surface area contributed by atoms with Crippen molar-refractivity contribution in [3.8, 4) is 16.9 Å². The number of hydrogen-bond acceptors (Lipinski definition) is 1. The van der Waals surface area contributed by atoms with Crippen LogP contribution in [0.1, 0.15) is 28.1 Å². The van der Waals surface area contributed by atoms with Gasteiger partial charge >= 0.3 is 0 Å². The van der Waals surface area contributed by atoms with E-state index in [2.05, 4.69) is 85.6 Å². The molecular formula is C23H22N3+. The summed E-state index contributed by atoms with van der Waals surface area (Å²) in [6.07, 6.45) is 3.12. The Bertz CT molecular complexity index is 1200. The number of hydrogen-bond donors (Lipinski definition) is 0. The van der Waals surface area contributed by atoms with E-state index in [9.17, 15) is 0 Å². The van der Waals surface area contributed by atoms with E-state index in [1.807, 2.05) is 0 Å². The Morgan fingerprint density at radius 3 is 2.62 bits per heavy atom. The number of rotatable bonds is 1. The Labute approximate surface area is 153 Å². The summed E-state index contributed by atoms with van der Waals surface area (Å²) in [5.74, 6) is 1.14. The van der Waals surface area contributed by atoms with Crippen molar-refractivity contribution in [2.45, 2.75) is 27.2 Å². The second kappa shape index (κ2) is 5.28. The summed E-state index contributed by atoms with van der Waals surface area (Å²) in [7, 11) is 2.14. The van der Waals surface area contributed by atoms with Gasteiger partial charge in [-0.25, -0.2) is 9.55 Å². The number of pyridine rings is 1. The van der Waals surface area contributed by atoms with Crippen LogP contribution in [0.25, 0.3) is 28.0 Å². The SMILES string of the molecule is Cc1cc(-c2c(C)ccc3c2-n2c(nc4ccccc42)C3)[n+](C)cc1C. The lowest BCUT2D eigenvalue weighted by atomic mass is 9.96. The first-order valence-corrected chi connectivity index (χ1v) is 9.11. The molecule has 3 heterocycles. The van der Waals surface area contributed by atoms with Crippen molar-refractivity contribution in [1.29, 1.82) is 0 Å². The molecule has 0 atom stereocenters. The lowest BCUT2D eigenvalue weighted by Crippen LogP contribution is -2.32. The molecule has 2 aromatic carbocycles. The standard InChI is InChI=1S/C23H22N3/c1-14-9-10-17-12-21-24-18-7-5-6-8-19(18)26(21)23(17)22(14)20-11-15(2)16(3)13-25(20)4/h5-11,13H,12H2,1-4H3/q+1. The number of para-hydroxylation sites is 2. The van der Waals surface area contributed by atoms with E-state index < -0.39 is 0 Å². The number of aryl methyl sites for hydroxylation is 4. The molecule has 0 saturated carbocycles. The summed E-state index contributed by atoms with van der Waals surface area (Å²) in [4.78, 5) is 4.88. The first-order chi connectivity index (χ1) is 12.5. The summed E-state index contributed by atoms with van der Waals surface area (Å²) in [6.45, 7) is 6.57. The molecule has 1 aliphatic rings. The maximum atomic E-state index is 4.88. The molecule has 0 unspecified atom stereocenters. The fraction of sp³-hybridized carbons (Fsp3) is 0.217. The fourth-order valence-electron chi connectivity index (χ4n) is 4.20. The van der Waals surface area contributed by atoms with E-state index in [1.165, 1.54) is 44.7 Å². The smallest absolute Gasteiger partial charge is 0.214 e. The topological polar surface area (TPSA) is 21.7 Å². The molecule has 0 aliphatic carbocycles. The van der Waals surface area contributed by atoms with Crippen LogP contribution in [-0.2, 0) is 13.5 Å². The van der Waals surface area contributed by atoms with Gasteiger partial charge in [0.2, 0.25) is 5.69 Å². The minimum absolute atomic E-state index is 0.895. The average molecular weight is 340 g/mol. The Kier molecular flexibility index (Phi) is 3.11. The predicted octanol–water partition coefficient (Wildman–Crippen LogP) is 4.35. The maximum absolute atomic E-state index is 4.88. The Hall–Kier alpha value is -2.94. The van der Waals surface area contributed by atoms with Gasteiger partial charge in [-0.1, -0.05) is 24.3 Å². The molecule has 0 N–H and O–H groups in total. The minimum atomic E-state index is 0.895. The molecule has 3 nitrogen and oxygen atoms in total. The third-order valence-electron chi connectivity index (χ3n) is 5.67. The van der Waals surface area contributed by atoms with E-state index in [1.54, 1.807) is 0 Å². The zero-order chi connectivity index (χ0) is 18.0. The van der Waals surface area contributed by atoms with E-state index in [0.717, 1.165) is 17.8 Å². The quantitative estimate of drug-likeness (QED) is 0.416. The van der Waals surface area contributed by atoms with E-state index in [-0.39, 0.29) is 0 Å². The minimum Gasteiger partial charge on any atom is -0.295 e. The highest BCUT2D eigenvalue weighted by molar-refractivity contribution is 5.85. The number of benzene rings is 2. The van der Waals surface area contributed by atoms with Gasteiger partial charge in [0.25, 0.3) is 0 Å². The number of fused-ring (bicyclic) bond motifs is 5. The lowest BCUT2D eigenvalue weighted by Gasteiger charge is -2.14. The van der Waals surface area contributed by atoms with Crippen LogP contribution in [0, 0.1) is 20.8 Å². The predicted molar refractivity (Wildman–Crippen MR) is 105 cm³/mol. The van der Waals surface area contributed by atoms with Gasteiger partial charge in [-0.15, -0.1) is 0 Å². The summed E-state index contributed by atoms with van der Waals surface area (Å²) < 4.78 is 4.62. The second-order valence-corrected chi connectivity index (χ2v) is 7.43. The summed E-state index contributed by atoms with van der Waals surface area (Å²) in [5, 5.41) is 0. The number of aromatic nitrogens is 3. The summed E-state index contributed by atoms with van der Waals surface area (Å²) in [6, 6.07) is 15.3. The molecule has 26 heavy (non-hydrogen) atoms. The monoisotopic (exact) mass is 340 g/mol. The third kappa shape index (κ3) is 2.00. The van der Waals surface area contributed by atoms with Gasteiger partial charge < -0.3 is 0 Å². The van der Waals surface area contributed by atoms with Crippen molar-refractivity contribution in [3.63, 3.8) is 0 Å². The van der Waals surface area contributed by atoms with Gasteiger partial charge in [0.1, 0.15) is 12.9 Å². The van der Waals surface area contributed by atoms with Crippen molar-refractivity contribution >= 4 is 11.0 Å². The van der Waals surface area contributed by atoms with E-state index >= 15 is 0 Å². The largest absolute Gasteiger partial charge is 0.295 e. The highest BCUT2D eigenvalue weighted by Crippen LogP contribution is 2.39. The lowest BCUT2D eigenvalue weighted by molar-refractivity contribution is -0.660. The molecular weight excluding hydrogens is 318 g/mol. The molecule has 3 heteroatoms. The van der Waals surface area contributed by atoms with Crippen LogP contribution in [0.3, 0.4) is 0 Å². The first kappa shape index (κ1) is 15.3. The molecule has 0 saturated heterocycles. The van der Waals surface area contributed by atoms with Crippen molar-refractivity contribution in [3.05, 3.63) is 76.7 Å². The van der Waals surface area contributed by atoms with Crippen LogP contribution < -0.4 is 4.57 Å². The van der Waals surface area contributed by atoms with Crippen LogP contribution >= 0.6 is 0 Å². The molecule has 0 fully saturated rings. The van der Waals surface area contributed by atoms with Crippen LogP contribution in [-0.4, -0.2) is 9.55 Å². The van der Waals surface area contributed by atoms with Gasteiger partial charge in [0, 0.05) is 18.1 Å². The van der Waals surface area contributed by atoms with Crippen LogP contribution in [0.15, 0.2) is 48.7 Å². The zero-order valence-electron chi connectivity index (χ0n) is 15.7. The second-order valence-electron chi connectivity index (χ2n) is 7.43. The molecule has 4 aromatic rings. The van der Waals surface area contributed by atoms with Gasteiger partial charge in [-0.3, -0.25) is 4.57 Å². The van der Waals surface area contributed by atoms with Crippen molar-refractivity contribution < 1.29 is 4.57 Å². The van der Waals surface area contributed by atoms with Crippen LogP contribution in [0.5, 0.6) is 0 Å². The highest BCUT2D eigenvalue weighted by atomic mass is 15.1. The van der Waals surface area contributed by atoms with Gasteiger partial charge in [0.05, 0.1) is 22.3 Å². The van der Waals surface area contributed by atoms with Gasteiger partial charge in [-0.2, -0.15) is 0 Å². The Morgan fingerprint density at radius 2 is 1.77 bits per heavy atom. The van der Waals surface area contributed by atoms with Crippen molar-refractivity contribution in [1.82, 2.24) is 9.55 Å². The van der Waals surface area contributed by atoms with Crippen molar-refractivity contribution in [2.75, 3.05) is 0 Å². The molecule has 0 spiro atoms. The molecule has 0 radical (unpaired) electrons. The number of imidazole rings is 1. The average Bonchev–Trinajstić information content (AvgIpc) is 3.14. The van der Waals surface area contributed by atoms with Gasteiger partial charge in [-0.05, 0) is 49.6 Å². The van der Waals surface area contributed by atoms with Crippen LogP contribution in [0.4, 0.5) is 0 Å². The fourth-order valence-corrected chi connectivity index (χ4v) is 4.20. The normalized spacial score (nSPS) is 12.5. The number of nitrogens with zero attached hydrogens (tertiary/aromatic N) is 3. The van der Waals surface area contributed by atoms with Crippen LogP contribution in [0.2, 0.25) is 0 Å². The van der Waals surface area contributed by atoms with E-state index in [4.69, 9.17) is 4.98 Å².